The van der Waals surface area contributed by atoms with Gasteiger partial charge in [-0.1, -0.05) is 13.8 Å². The Bertz CT molecular complexity index is 349. The van der Waals surface area contributed by atoms with Crippen molar-refractivity contribution in [2.45, 2.75) is 71.7 Å². The summed E-state index contributed by atoms with van der Waals surface area (Å²) in [6, 6.07) is 0.960. The van der Waals surface area contributed by atoms with E-state index in [9.17, 15) is 4.79 Å². The number of hydrogen-bond donors (Lipinski definition) is 3. The van der Waals surface area contributed by atoms with Gasteiger partial charge in [-0.05, 0) is 40.0 Å². The monoisotopic (exact) mass is 329 g/mol. The van der Waals surface area contributed by atoms with Crippen molar-refractivity contribution in [3.05, 3.63) is 0 Å². The molecule has 0 aromatic heterocycles. The van der Waals surface area contributed by atoms with E-state index in [1.165, 1.54) is 0 Å². The Morgan fingerprint density at radius 1 is 1.35 bits per heavy atom. The van der Waals surface area contributed by atoms with Crippen LogP contribution in [0.4, 0.5) is 4.79 Å². The second-order valence-electron chi connectivity index (χ2n) is 7.76. The molecule has 1 aliphatic heterocycles. The van der Waals surface area contributed by atoms with Crippen LogP contribution in [0.5, 0.6) is 0 Å². The Kier molecular flexibility index (Phi) is 8.29. The number of carbonyl (C=O) groups is 1. The van der Waals surface area contributed by atoms with E-state index in [0.29, 0.717) is 24.5 Å². The fourth-order valence-corrected chi connectivity index (χ4v) is 2.63. The third kappa shape index (κ3) is 9.13. The summed E-state index contributed by atoms with van der Waals surface area (Å²) in [5, 5.41) is 9.96. The molecule has 3 N–H and O–H groups in total. The van der Waals surface area contributed by atoms with E-state index in [-0.39, 0.29) is 12.1 Å². The molecule has 136 valence electrons. The van der Waals surface area contributed by atoms with Crippen LogP contribution < -0.4 is 16.0 Å². The first-order valence-corrected chi connectivity index (χ1v) is 8.71. The molecule has 23 heavy (non-hydrogen) atoms. The van der Waals surface area contributed by atoms with Crippen molar-refractivity contribution in [3.8, 4) is 0 Å². The molecule has 0 bridgehead atoms. The van der Waals surface area contributed by atoms with Gasteiger partial charge in [0.1, 0.15) is 5.60 Å². The van der Waals surface area contributed by atoms with Gasteiger partial charge in [0.15, 0.2) is 0 Å². The lowest BCUT2D eigenvalue weighted by Crippen LogP contribution is -2.51. The van der Waals surface area contributed by atoms with E-state index in [1.807, 2.05) is 20.8 Å². The topological polar surface area (TPSA) is 71.6 Å². The third-order valence-corrected chi connectivity index (χ3v) is 3.81. The first kappa shape index (κ1) is 20.2. The van der Waals surface area contributed by atoms with Crippen molar-refractivity contribution < 1.29 is 14.3 Å². The molecule has 6 nitrogen and oxygen atoms in total. The van der Waals surface area contributed by atoms with Crippen molar-refractivity contribution in [2.24, 2.45) is 5.92 Å². The molecule has 1 fully saturated rings. The molecule has 1 saturated heterocycles. The van der Waals surface area contributed by atoms with Crippen molar-refractivity contribution >= 4 is 6.09 Å². The van der Waals surface area contributed by atoms with Gasteiger partial charge in [-0.3, -0.25) is 0 Å². The SMILES string of the molecule is CC(CC1COCCN1)NC(CNC(=O)OC(C)(C)C)C(C)C. The van der Waals surface area contributed by atoms with Crippen molar-refractivity contribution in [3.63, 3.8) is 0 Å². The van der Waals surface area contributed by atoms with Gasteiger partial charge in [-0.2, -0.15) is 0 Å². The summed E-state index contributed by atoms with van der Waals surface area (Å²) >= 11 is 0. The second-order valence-corrected chi connectivity index (χ2v) is 7.76. The van der Waals surface area contributed by atoms with Crippen LogP contribution in [0.2, 0.25) is 0 Å². The van der Waals surface area contributed by atoms with E-state index in [1.54, 1.807) is 0 Å². The summed E-state index contributed by atoms with van der Waals surface area (Å²) in [5.74, 6) is 0.419. The van der Waals surface area contributed by atoms with Gasteiger partial charge in [-0.15, -0.1) is 0 Å². The molecule has 0 aromatic carbocycles. The minimum Gasteiger partial charge on any atom is -0.444 e. The molecule has 0 spiro atoms. The number of nitrogens with one attached hydrogen (secondary N) is 3. The van der Waals surface area contributed by atoms with Crippen LogP contribution in [0, 0.1) is 5.92 Å². The number of carbonyl (C=O) groups excluding carboxylic acids is 1. The smallest absolute Gasteiger partial charge is 0.407 e. The lowest BCUT2D eigenvalue weighted by Gasteiger charge is -2.31. The average molecular weight is 329 g/mol. The summed E-state index contributed by atoms with van der Waals surface area (Å²) in [7, 11) is 0. The van der Waals surface area contributed by atoms with Gasteiger partial charge >= 0.3 is 6.09 Å². The Morgan fingerprint density at radius 3 is 2.57 bits per heavy atom. The number of alkyl carbamates (subject to hydrolysis) is 1. The quantitative estimate of drug-likeness (QED) is 0.665. The first-order valence-electron chi connectivity index (χ1n) is 8.71. The molecule has 6 heteroatoms. The number of hydrogen-bond acceptors (Lipinski definition) is 5. The van der Waals surface area contributed by atoms with E-state index >= 15 is 0 Å². The summed E-state index contributed by atoms with van der Waals surface area (Å²) in [4.78, 5) is 11.8. The first-order chi connectivity index (χ1) is 10.7. The number of amides is 1. The summed E-state index contributed by atoms with van der Waals surface area (Å²) in [6.45, 7) is 15.1. The third-order valence-electron chi connectivity index (χ3n) is 3.81. The summed E-state index contributed by atoms with van der Waals surface area (Å²) in [5.41, 5.74) is -0.467. The predicted molar refractivity (Wildman–Crippen MR) is 92.7 cm³/mol. The zero-order valence-electron chi connectivity index (χ0n) is 15.6. The number of rotatable bonds is 7. The van der Waals surface area contributed by atoms with Crippen molar-refractivity contribution in [1.29, 1.82) is 0 Å². The van der Waals surface area contributed by atoms with E-state index in [0.717, 1.165) is 26.2 Å². The van der Waals surface area contributed by atoms with E-state index < -0.39 is 5.60 Å². The largest absolute Gasteiger partial charge is 0.444 e. The molecular formula is C17H35N3O3. The Hall–Kier alpha value is -0.850. The zero-order chi connectivity index (χ0) is 17.5. The van der Waals surface area contributed by atoms with Crippen molar-refractivity contribution in [2.75, 3.05) is 26.3 Å². The molecule has 3 unspecified atom stereocenters. The van der Waals surface area contributed by atoms with Crippen LogP contribution in [0.1, 0.15) is 48.0 Å². The fourth-order valence-electron chi connectivity index (χ4n) is 2.63. The molecule has 1 aliphatic rings. The van der Waals surface area contributed by atoms with Crippen LogP contribution in [-0.4, -0.2) is 56.1 Å². The molecule has 3 atom stereocenters. The van der Waals surface area contributed by atoms with Gasteiger partial charge in [0.2, 0.25) is 0 Å². The van der Waals surface area contributed by atoms with Gasteiger partial charge in [0, 0.05) is 31.2 Å². The van der Waals surface area contributed by atoms with E-state index in [2.05, 4.69) is 36.7 Å². The minimum atomic E-state index is -0.467. The molecule has 1 heterocycles. The zero-order valence-corrected chi connectivity index (χ0v) is 15.6. The van der Waals surface area contributed by atoms with Crippen molar-refractivity contribution in [1.82, 2.24) is 16.0 Å². The average Bonchev–Trinajstić information content (AvgIpc) is 2.42. The molecule has 0 saturated carbocycles. The molecule has 1 rings (SSSR count). The van der Waals surface area contributed by atoms with Crippen LogP contribution in [0.15, 0.2) is 0 Å². The Labute approximate surface area is 141 Å². The highest BCUT2D eigenvalue weighted by Gasteiger charge is 2.22. The standard InChI is InChI=1S/C17H35N3O3/c1-12(2)15(10-19-16(21)23-17(4,5)6)20-13(3)9-14-11-22-8-7-18-14/h12-15,18,20H,7-11H2,1-6H3,(H,19,21). The second kappa shape index (κ2) is 9.45. The Morgan fingerprint density at radius 2 is 2.04 bits per heavy atom. The van der Waals surface area contributed by atoms with Crippen LogP contribution in [0.3, 0.4) is 0 Å². The highest BCUT2D eigenvalue weighted by molar-refractivity contribution is 5.67. The van der Waals surface area contributed by atoms with Crippen LogP contribution >= 0.6 is 0 Å². The summed E-state index contributed by atoms with van der Waals surface area (Å²) < 4.78 is 10.8. The fraction of sp³-hybridized carbons (Fsp3) is 0.941. The highest BCUT2D eigenvalue weighted by atomic mass is 16.6. The maximum Gasteiger partial charge on any atom is 0.407 e. The molecule has 0 radical (unpaired) electrons. The van der Waals surface area contributed by atoms with Crippen LogP contribution in [-0.2, 0) is 9.47 Å². The maximum atomic E-state index is 11.8. The van der Waals surface area contributed by atoms with Gasteiger partial charge in [-0.25, -0.2) is 4.79 Å². The van der Waals surface area contributed by atoms with E-state index in [4.69, 9.17) is 9.47 Å². The molecule has 0 aromatic rings. The normalized spacial score (nSPS) is 21.8. The molecule has 0 aliphatic carbocycles. The predicted octanol–water partition coefficient (Wildman–Crippen LogP) is 1.89. The lowest BCUT2D eigenvalue weighted by atomic mass is 10.0. The highest BCUT2D eigenvalue weighted by Crippen LogP contribution is 2.09. The lowest BCUT2D eigenvalue weighted by molar-refractivity contribution is 0.0516. The Balaban J connectivity index is 2.37. The van der Waals surface area contributed by atoms with Gasteiger partial charge in [0.05, 0.1) is 13.2 Å². The molecular weight excluding hydrogens is 294 g/mol. The van der Waals surface area contributed by atoms with Gasteiger partial charge in [0.25, 0.3) is 0 Å². The maximum absolute atomic E-state index is 11.8. The van der Waals surface area contributed by atoms with Gasteiger partial charge < -0.3 is 25.4 Å². The number of ether oxygens (including phenoxy) is 2. The molecule has 1 amide bonds. The summed E-state index contributed by atoms with van der Waals surface area (Å²) in [6.07, 6.45) is 0.648. The minimum absolute atomic E-state index is 0.210. The number of morpholine rings is 1. The van der Waals surface area contributed by atoms with Crippen LogP contribution in [0.25, 0.3) is 0 Å².